The van der Waals surface area contributed by atoms with Crippen LogP contribution in [0.25, 0.3) is 0 Å². The molecule has 0 aromatic carbocycles. The van der Waals surface area contributed by atoms with Gasteiger partial charge in [-0.3, -0.25) is 9.89 Å². The van der Waals surface area contributed by atoms with Crippen LogP contribution in [0.3, 0.4) is 0 Å². The highest BCUT2D eigenvalue weighted by molar-refractivity contribution is 5.98. The van der Waals surface area contributed by atoms with Crippen LogP contribution in [0.15, 0.2) is 24.7 Å². The van der Waals surface area contributed by atoms with Crippen molar-refractivity contribution in [1.29, 1.82) is 0 Å². The van der Waals surface area contributed by atoms with Crippen molar-refractivity contribution < 1.29 is 4.79 Å². The van der Waals surface area contributed by atoms with Gasteiger partial charge in [0.2, 0.25) is 0 Å². The Morgan fingerprint density at radius 3 is 3.05 bits per heavy atom. The summed E-state index contributed by atoms with van der Waals surface area (Å²) in [5, 5.41) is 9.32. The average molecular weight is 261 g/mol. The maximum Gasteiger partial charge on any atom is 0.255 e. The van der Waals surface area contributed by atoms with Crippen LogP contribution >= 0.6 is 0 Å². The smallest absolute Gasteiger partial charge is 0.255 e. The van der Waals surface area contributed by atoms with E-state index in [1.54, 1.807) is 18.3 Å². The van der Waals surface area contributed by atoms with Crippen LogP contribution in [0.1, 0.15) is 22.6 Å². The summed E-state index contributed by atoms with van der Waals surface area (Å²) in [6, 6.07) is 3.35. The van der Waals surface area contributed by atoms with Crippen LogP contribution in [0.2, 0.25) is 0 Å². The number of hydrazine groups is 1. The summed E-state index contributed by atoms with van der Waals surface area (Å²) in [4.78, 5) is 19.9. The molecule has 0 aliphatic rings. The minimum atomic E-state index is -0.210. The highest BCUT2D eigenvalue weighted by Gasteiger charge is 2.10. The molecule has 1 amide bonds. The third-order valence-corrected chi connectivity index (χ3v) is 2.53. The van der Waals surface area contributed by atoms with Crippen molar-refractivity contribution >= 4 is 11.7 Å². The Morgan fingerprint density at radius 1 is 1.42 bits per heavy atom. The molecule has 0 bridgehead atoms. The maximum atomic E-state index is 11.9. The fourth-order valence-electron chi connectivity index (χ4n) is 1.61. The van der Waals surface area contributed by atoms with Gasteiger partial charge in [0.05, 0.1) is 5.56 Å². The Balaban J connectivity index is 1.81. The average Bonchev–Trinajstić information content (AvgIpc) is 2.96. The van der Waals surface area contributed by atoms with E-state index in [2.05, 4.69) is 30.9 Å². The second kappa shape index (κ2) is 6.45. The van der Waals surface area contributed by atoms with E-state index in [9.17, 15) is 4.79 Å². The molecule has 8 nitrogen and oxygen atoms in total. The quantitative estimate of drug-likeness (QED) is 0.326. The Bertz CT molecular complexity index is 526. The Morgan fingerprint density at radius 2 is 2.32 bits per heavy atom. The van der Waals surface area contributed by atoms with Crippen LogP contribution in [-0.4, -0.2) is 32.6 Å². The standard InChI is InChI=1S/C11H15N7O/c12-17-10-8(3-1-5-13-10)11(19)14-6-2-4-9-15-7-16-18-9/h1,3,5,7H,2,4,6,12H2,(H,13,17)(H,14,19)(H,15,16,18). The van der Waals surface area contributed by atoms with Crippen LogP contribution in [0, 0.1) is 0 Å². The largest absolute Gasteiger partial charge is 0.352 e. The number of hydrogen-bond acceptors (Lipinski definition) is 6. The number of nitrogen functional groups attached to an aromatic ring is 1. The number of anilines is 1. The van der Waals surface area contributed by atoms with E-state index in [0.29, 0.717) is 17.9 Å². The molecule has 0 spiro atoms. The number of rotatable bonds is 6. The van der Waals surface area contributed by atoms with E-state index in [1.807, 2.05) is 0 Å². The molecule has 0 radical (unpaired) electrons. The first-order valence-electron chi connectivity index (χ1n) is 5.85. The fourth-order valence-corrected chi connectivity index (χ4v) is 1.61. The SMILES string of the molecule is NNc1ncccc1C(=O)NCCCc1ncn[nH]1. The number of carbonyl (C=O) groups excluding carboxylic acids is 1. The molecule has 0 aliphatic heterocycles. The highest BCUT2D eigenvalue weighted by Crippen LogP contribution is 2.09. The molecule has 0 atom stereocenters. The van der Waals surface area contributed by atoms with Gasteiger partial charge in [-0.2, -0.15) is 5.10 Å². The monoisotopic (exact) mass is 261 g/mol. The van der Waals surface area contributed by atoms with Crippen LogP contribution in [0.5, 0.6) is 0 Å². The molecule has 2 aromatic heterocycles. The summed E-state index contributed by atoms with van der Waals surface area (Å²) in [6.45, 7) is 0.540. The molecule has 8 heteroatoms. The Hall–Kier alpha value is -2.48. The summed E-state index contributed by atoms with van der Waals surface area (Å²) in [6.07, 6.45) is 4.53. The zero-order chi connectivity index (χ0) is 13.5. The lowest BCUT2D eigenvalue weighted by Crippen LogP contribution is -2.26. The van der Waals surface area contributed by atoms with Gasteiger partial charge < -0.3 is 10.7 Å². The molecule has 2 aromatic rings. The third-order valence-electron chi connectivity index (χ3n) is 2.53. The predicted octanol–water partition coefficient (Wildman–Crippen LogP) is -0.152. The van der Waals surface area contributed by atoms with Crippen LogP contribution < -0.4 is 16.6 Å². The first-order valence-corrected chi connectivity index (χ1v) is 5.85. The number of aromatic nitrogens is 4. The van der Waals surface area contributed by atoms with Gasteiger partial charge in [0.25, 0.3) is 5.91 Å². The number of amides is 1. The van der Waals surface area contributed by atoms with Crippen molar-refractivity contribution in [3.8, 4) is 0 Å². The molecule has 0 saturated carbocycles. The summed E-state index contributed by atoms with van der Waals surface area (Å²) in [7, 11) is 0. The number of nitrogens with one attached hydrogen (secondary N) is 3. The number of nitrogens with two attached hydrogens (primary N) is 1. The normalized spacial score (nSPS) is 10.2. The summed E-state index contributed by atoms with van der Waals surface area (Å²) < 4.78 is 0. The van der Waals surface area contributed by atoms with Gasteiger partial charge in [-0.05, 0) is 18.6 Å². The van der Waals surface area contributed by atoms with Gasteiger partial charge in [-0.15, -0.1) is 0 Å². The van der Waals surface area contributed by atoms with E-state index < -0.39 is 0 Å². The molecule has 100 valence electrons. The fraction of sp³-hybridized carbons (Fsp3) is 0.273. The Labute approximate surface area is 109 Å². The highest BCUT2D eigenvalue weighted by atomic mass is 16.1. The molecular weight excluding hydrogens is 246 g/mol. The maximum absolute atomic E-state index is 11.9. The van der Waals surface area contributed by atoms with Crippen molar-refractivity contribution in [3.63, 3.8) is 0 Å². The molecule has 0 aliphatic carbocycles. The van der Waals surface area contributed by atoms with Crippen LogP contribution in [0.4, 0.5) is 5.82 Å². The van der Waals surface area contributed by atoms with Crippen LogP contribution in [-0.2, 0) is 6.42 Å². The van der Waals surface area contributed by atoms with E-state index in [0.717, 1.165) is 18.7 Å². The second-order valence-corrected chi connectivity index (χ2v) is 3.84. The predicted molar refractivity (Wildman–Crippen MR) is 69.1 cm³/mol. The van der Waals surface area contributed by atoms with E-state index in [4.69, 9.17) is 5.84 Å². The lowest BCUT2D eigenvalue weighted by molar-refractivity contribution is 0.0953. The number of carbonyl (C=O) groups is 1. The number of pyridine rings is 1. The first-order chi connectivity index (χ1) is 9.31. The van der Waals surface area contributed by atoms with Crippen molar-refractivity contribution in [2.24, 2.45) is 5.84 Å². The Kier molecular flexibility index (Phi) is 4.40. The number of nitrogens with zero attached hydrogens (tertiary/aromatic N) is 3. The number of H-pyrrole nitrogens is 1. The number of aromatic amines is 1. The minimum absolute atomic E-state index is 0.210. The molecular formula is C11H15N7O. The minimum Gasteiger partial charge on any atom is -0.352 e. The lowest BCUT2D eigenvalue weighted by Gasteiger charge is -2.08. The van der Waals surface area contributed by atoms with E-state index in [1.165, 1.54) is 6.33 Å². The van der Waals surface area contributed by atoms with Crippen molar-refractivity contribution in [1.82, 2.24) is 25.5 Å². The second-order valence-electron chi connectivity index (χ2n) is 3.84. The van der Waals surface area contributed by atoms with Gasteiger partial charge >= 0.3 is 0 Å². The van der Waals surface area contributed by atoms with E-state index >= 15 is 0 Å². The van der Waals surface area contributed by atoms with Gasteiger partial charge in [-0.25, -0.2) is 15.8 Å². The van der Waals surface area contributed by atoms with Crippen molar-refractivity contribution in [2.75, 3.05) is 12.0 Å². The zero-order valence-corrected chi connectivity index (χ0v) is 10.3. The topological polar surface area (TPSA) is 122 Å². The van der Waals surface area contributed by atoms with Gasteiger partial charge in [-0.1, -0.05) is 0 Å². The van der Waals surface area contributed by atoms with Crippen molar-refractivity contribution in [2.45, 2.75) is 12.8 Å². The molecule has 0 saturated heterocycles. The van der Waals surface area contributed by atoms with Gasteiger partial charge in [0, 0.05) is 19.2 Å². The summed E-state index contributed by atoms with van der Waals surface area (Å²) >= 11 is 0. The molecule has 2 rings (SSSR count). The molecule has 19 heavy (non-hydrogen) atoms. The summed E-state index contributed by atoms with van der Waals surface area (Å²) in [5.41, 5.74) is 2.82. The van der Waals surface area contributed by atoms with Gasteiger partial charge in [0.15, 0.2) is 5.82 Å². The van der Waals surface area contributed by atoms with Crippen molar-refractivity contribution in [3.05, 3.63) is 36.0 Å². The molecule has 2 heterocycles. The summed E-state index contributed by atoms with van der Waals surface area (Å²) in [5.74, 6) is 6.25. The first kappa shape index (κ1) is 13.0. The van der Waals surface area contributed by atoms with E-state index in [-0.39, 0.29) is 5.91 Å². The molecule has 0 fully saturated rings. The molecule has 0 unspecified atom stereocenters. The molecule has 5 N–H and O–H groups in total. The third kappa shape index (κ3) is 3.49. The zero-order valence-electron chi connectivity index (χ0n) is 10.3. The lowest BCUT2D eigenvalue weighted by atomic mass is 10.2. The van der Waals surface area contributed by atoms with Gasteiger partial charge in [0.1, 0.15) is 12.2 Å². The number of hydrogen-bond donors (Lipinski definition) is 4. The number of aryl methyl sites for hydroxylation is 1.